The first-order valence-electron chi connectivity index (χ1n) is 8.17. The van der Waals surface area contributed by atoms with Gasteiger partial charge in [0.05, 0.1) is 36.9 Å². The first-order chi connectivity index (χ1) is 14.9. The molecule has 16 nitrogen and oxygen atoms in total. The van der Waals surface area contributed by atoms with E-state index in [9.17, 15) is 45.3 Å². The van der Waals surface area contributed by atoms with Gasteiger partial charge in [-0.2, -0.15) is 0 Å². The van der Waals surface area contributed by atoms with Crippen molar-refractivity contribution in [1.82, 2.24) is 0 Å². The first kappa shape index (κ1) is 23.3. The summed E-state index contributed by atoms with van der Waals surface area (Å²) in [6.07, 6.45) is 0.780. The third-order valence-electron chi connectivity index (χ3n) is 4.03. The van der Waals surface area contributed by atoms with E-state index in [4.69, 9.17) is 5.11 Å². The van der Waals surface area contributed by atoms with Gasteiger partial charge in [-0.15, -0.1) is 0 Å². The Balaban J connectivity index is 3.03. The molecule has 0 fully saturated rings. The molecule has 1 aliphatic rings. The maximum Gasteiger partial charge on any atom is 0.344 e. The van der Waals surface area contributed by atoms with Crippen LogP contribution >= 0.6 is 0 Å². The van der Waals surface area contributed by atoms with Crippen LogP contribution in [0, 0.1) is 40.5 Å². The lowest BCUT2D eigenvalue weighted by molar-refractivity contribution is -0.424. The number of non-ortho nitro benzene ring substituents is 1. The lowest BCUT2D eigenvalue weighted by Crippen LogP contribution is -2.08. The average molecular weight is 449 g/mol. The molecule has 0 unspecified atom stereocenters. The quantitative estimate of drug-likeness (QED) is 0.423. The molecule has 0 aliphatic heterocycles. The Morgan fingerprint density at radius 2 is 1.75 bits per heavy atom. The number of aliphatic carboxylic acids is 1. The molecule has 0 heterocycles. The molecule has 32 heavy (non-hydrogen) atoms. The summed E-state index contributed by atoms with van der Waals surface area (Å²) < 4.78 is 0. The molecule has 166 valence electrons. The molecule has 0 saturated carbocycles. The molecule has 2 rings (SSSR count). The number of benzene rings is 1. The Kier molecular flexibility index (Phi) is 6.38. The first-order valence-corrected chi connectivity index (χ1v) is 8.17. The normalized spacial score (nSPS) is 14.2. The van der Waals surface area contributed by atoms with Crippen molar-refractivity contribution < 1.29 is 34.4 Å². The second-order valence-electron chi connectivity index (χ2n) is 6.04. The molecule has 0 amide bonds. The zero-order valence-electron chi connectivity index (χ0n) is 15.9. The number of fused-ring (bicyclic) bond motifs is 1. The Morgan fingerprint density at radius 1 is 1.12 bits per heavy atom. The Labute approximate surface area is 176 Å². The number of hydrogen-bond donors (Lipinski definition) is 1. The van der Waals surface area contributed by atoms with Crippen LogP contribution < -0.4 is 0 Å². The molecule has 0 aromatic heterocycles. The van der Waals surface area contributed by atoms with Crippen molar-refractivity contribution in [3.05, 3.63) is 93.3 Å². The van der Waals surface area contributed by atoms with E-state index < -0.39 is 83.0 Å². The van der Waals surface area contributed by atoms with Crippen molar-refractivity contribution in [3.63, 3.8) is 0 Å². The SMILES string of the molecule is C=C(C1=C(/C=C(\C)[N+](=O)[O-])/C(=N\OCC(=O)O)c2cc([N+](=O)[O-])cc([N+](=O)[O-])c21)[N+](=O)[O-]. The van der Waals surface area contributed by atoms with E-state index >= 15 is 0 Å². The molecular weight excluding hydrogens is 438 g/mol. The third-order valence-corrected chi connectivity index (χ3v) is 4.03. The fraction of sp³-hybridized carbons (Fsp3) is 0.125. The summed E-state index contributed by atoms with van der Waals surface area (Å²) in [5.41, 5.74) is -5.66. The Bertz CT molecular complexity index is 1200. The second kappa shape index (κ2) is 8.78. The van der Waals surface area contributed by atoms with Crippen molar-refractivity contribution in [1.29, 1.82) is 0 Å². The zero-order valence-corrected chi connectivity index (χ0v) is 15.9. The molecule has 0 radical (unpaired) electrons. The monoisotopic (exact) mass is 449 g/mol. The standard InChI is InChI=1S/C16H11N5O11/c1-7(18(24)25)3-10-14(8(2)19(26)27)15-11(16(10)17-32-6-13(22)23)4-9(20(28)29)5-12(15)21(30)31/h3-5H,2,6H2,1H3,(H,22,23)/b7-3+,17-16+. The highest BCUT2D eigenvalue weighted by Gasteiger charge is 2.41. The van der Waals surface area contributed by atoms with Gasteiger partial charge in [0.15, 0.2) is 0 Å². The Hall–Kier alpha value is -5.02. The van der Waals surface area contributed by atoms with Crippen LogP contribution in [0.3, 0.4) is 0 Å². The van der Waals surface area contributed by atoms with Gasteiger partial charge < -0.3 is 9.94 Å². The van der Waals surface area contributed by atoms with Crippen LogP contribution in [0.25, 0.3) is 5.57 Å². The van der Waals surface area contributed by atoms with E-state index in [0.717, 1.165) is 19.1 Å². The van der Waals surface area contributed by atoms with Crippen LogP contribution in [0.5, 0.6) is 0 Å². The minimum atomic E-state index is -1.48. The maximum atomic E-state index is 11.6. The van der Waals surface area contributed by atoms with Crippen LogP contribution in [0.4, 0.5) is 11.4 Å². The number of nitro groups is 4. The van der Waals surface area contributed by atoms with Gasteiger partial charge in [-0.3, -0.25) is 40.5 Å². The van der Waals surface area contributed by atoms with Gasteiger partial charge in [0.1, 0.15) is 5.71 Å². The third kappa shape index (κ3) is 4.42. The number of allylic oxidation sites excluding steroid dienone is 4. The number of nitrogens with zero attached hydrogens (tertiary/aromatic N) is 5. The molecule has 16 heteroatoms. The highest BCUT2D eigenvalue weighted by Crippen LogP contribution is 2.45. The minimum absolute atomic E-state index is 0.406. The van der Waals surface area contributed by atoms with Gasteiger partial charge in [-0.05, 0) is 6.58 Å². The zero-order chi connectivity index (χ0) is 24.3. The van der Waals surface area contributed by atoms with Crippen molar-refractivity contribution in [2.75, 3.05) is 6.61 Å². The number of oxime groups is 1. The highest BCUT2D eigenvalue weighted by molar-refractivity contribution is 6.27. The topological polar surface area (TPSA) is 231 Å². The van der Waals surface area contributed by atoms with Crippen molar-refractivity contribution in [2.24, 2.45) is 5.16 Å². The molecule has 0 saturated heterocycles. The highest BCUT2D eigenvalue weighted by atomic mass is 16.6. The molecule has 0 atom stereocenters. The summed E-state index contributed by atoms with van der Waals surface area (Å²) in [4.78, 5) is 56.8. The van der Waals surface area contributed by atoms with Crippen LogP contribution in [0.15, 0.2) is 46.9 Å². The summed E-state index contributed by atoms with van der Waals surface area (Å²) in [6.45, 7) is 3.24. The average Bonchev–Trinajstić information content (AvgIpc) is 2.99. The van der Waals surface area contributed by atoms with Gasteiger partial charge in [0, 0.05) is 30.2 Å². The van der Waals surface area contributed by atoms with Crippen molar-refractivity contribution in [2.45, 2.75) is 6.92 Å². The van der Waals surface area contributed by atoms with Crippen LogP contribution in [-0.4, -0.2) is 43.1 Å². The molecule has 0 bridgehead atoms. The lowest BCUT2D eigenvalue weighted by Gasteiger charge is -2.05. The van der Waals surface area contributed by atoms with E-state index in [-0.39, 0.29) is 0 Å². The van der Waals surface area contributed by atoms with E-state index in [2.05, 4.69) is 16.6 Å². The van der Waals surface area contributed by atoms with E-state index in [0.29, 0.717) is 6.07 Å². The minimum Gasteiger partial charge on any atom is -0.479 e. The number of carboxylic acid groups (broad SMARTS) is 1. The fourth-order valence-electron chi connectivity index (χ4n) is 2.75. The van der Waals surface area contributed by atoms with Crippen LogP contribution in [-0.2, 0) is 9.63 Å². The molecule has 1 aromatic carbocycles. The largest absolute Gasteiger partial charge is 0.479 e. The Morgan fingerprint density at radius 3 is 2.22 bits per heavy atom. The molecule has 1 N–H and O–H groups in total. The van der Waals surface area contributed by atoms with Crippen LogP contribution in [0.1, 0.15) is 18.1 Å². The molecule has 1 aliphatic carbocycles. The van der Waals surface area contributed by atoms with E-state index in [1.54, 1.807) is 0 Å². The molecule has 0 spiro atoms. The number of carboxylic acids is 1. The van der Waals surface area contributed by atoms with Crippen LogP contribution in [0.2, 0.25) is 0 Å². The van der Waals surface area contributed by atoms with E-state index in [1.807, 2.05) is 0 Å². The van der Waals surface area contributed by atoms with Gasteiger partial charge in [-0.25, -0.2) is 4.79 Å². The fourth-order valence-corrected chi connectivity index (χ4v) is 2.75. The van der Waals surface area contributed by atoms with E-state index in [1.165, 1.54) is 0 Å². The van der Waals surface area contributed by atoms with Crippen molar-refractivity contribution >= 4 is 28.6 Å². The molecule has 1 aromatic rings. The number of hydrogen-bond acceptors (Lipinski definition) is 11. The van der Waals surface area contributed by atoms with Gasteiger partial charge in [0.25, 0.3) is 17.1 Å². The molecular formula is C16H11N5O11. The van der Waals surface area contributed by atoms with Gasteiger partial charge >= 0.3 is 5.97 Å². The van der Waals surface area contributed by atoms with Gasteiger partial charge in [0.2, 0.25) is 12.3 Å². The maximum absolute atomic E-state index is 11.6. The smallest absolute Gasteiger partial charge is 0.344 e. The number of nitro benzene ring substituents is 2. The van der Waals surface area contributed by atoms with Gasteiger partial charge in [-0.1, -0.05) is 5.16 Å². The predicted molar refractivity (Wildman–Crippen MR) is 104 cm³/mol. The summed E-state index contributed by atoms with van der Waals surface area (Å²) >= 11 is 0. The summed E-state index contributed by atoms with van der Waals surface area (Å²) in [5.74, 6) is -1.48. The lowest BCUT2D eigenvalue weighted by atomic mass is 10.00. The number of carbonyl (C=O) groups is 1. The second-order valence-corrected chi connectivity index (χ2v) is 6.04. The summed E-state index contributed by atoms with van der Waals surface area (Å²) in [5, 5.41) is 57.6. The predicted octanol–water partition coefficient (Wildman–Crippen LogP) is 2.05. The summed E-state index contributed by atoms with van der Waals surface area (Å²) in [7, 11) is 0. The van der Waals surface area contributed by atoms with Crippen molar-refractivity contribution in [3.8, 4) is 0 Å². The number of rotatable bonds is 9. The summed E-state index contributed by atoms with van der Waals surface area (Å²) in [6, 6.07) is 1.34.